The molecule has 2 N–H and O–H groups in total. The van der Waals surface area contributed by atoms with E-state index in [1.54, 1.807) is 24.3 Å². The molecule has 0 saturated carbocycles. The summed E-state index contributed by atoms with van der Waals surface area (Å²) in [5, 5.41) is 12.9. The van der Waals surface area contributed by atoms with Crippen LogP contribution in [-0.2, 0) is 11.2 Å². The molecule has 0 spiro atoms. The minimum atomic E-state index is -0.876. The van der Waals surface area contributed by atoms with E-state index < -0.39 is 12.0 Å². The third kappa shape index (κ3) is 4.00. The second kappa shape index (κ2) is 6.25. The molecule has 2 rings (SSSR count). The van der Waals surface area contributed by atoms with Crippen LogP contribution in [0.2, 0.25) is 5.02 Å². The van der Waals surface area contributed by atoms with Crippen molar-refractivity contribution >= 4 is 23.3 Å². The van der Waals surface area contributed by atoms with E-state index in [9.17, 15) is 9.90 Å². The average Bonchev–Trinajstić information content (AvgIpc) is 2.41. The fraction of sp³-hybridized carbons (Fsp3) is 0.133. The molecule has 0 fully saturated rings. The number of carbonyl (C=O) groups is 1. The first-order chi connectivity index (χ1) is 9.15. The van der Waals surface area contributed by atoms with Gasteiger partial charge in [-0.1, -0.05) is 41.9 Å². The first-order valence-electron chi connectivity index (χ1n) is 5.94. The fourth-order valence-electron chi connectivity index (χ4n) is 1.80. The van der Waals surface area contributed by atoms with Crippen LogP contribution < -0.4 is 5.32 Å². The van der Waals surface area contributed by atoms with E-state index in [1.165, 1.54) is 0 Å². The summed E-state index contributed by atoms with van der Waals surface area (Å²) in [6, 6.07) is 15.9. The number of benzene rings is 2. The van der Waals surface area contributed by atoms with Crippen LogP contribution in [0, 0.1) is 0 Å². The molecular formula is C15H14ClNO2. The van der Waals surface area contributed by atoms with Gasteiger partial charge in [0.05, 0.1) is 0 Å². The molecule has 0 amide bonds. The van der Waals surface area contributed by atoms with Crippen molar-refractivity contribution in [1.29, 1.82) is 0 Å². The van der Waals surface area contributed by atoms with Gasteiger partial charge in [0.15, 0.2) is 0 Å². The Bertz CT molecular complexity index is 540. The lowest BCUT2D eigenvalue weighted by atomic mass is 10.1. The first kappa shape index (κ1) is 13.4. The zero-order valence-electron chi connectivity index (χ0n) is 10.2. The van der Waals surface area contributed by atoms with E-state index in [0.29, 0.717) is 11.4 Å². The number of carboxylic acid groups (broad SMARTS) is 1. The van der Waals surface area contributed by atoms with E-state index in [1.807, 2.05) is 30.3 Å². The second-order valence-corrected chi connectivity index (χ2v) is 4.67. The van der Waals surface area contributed by atoms with Crippen molar-refractivity contribution in [3.63, 3.8) is 0 Å². The minimum Gasteiger partial charge on any atom is -0.480 e. The number of rotatable bonds is 5. The van der Waals surface area contributed by atoms with Crippen LogP contribution in [-0.4, -0.2) is 17.1 Å². The SMILES string of the molecule is O=C(O)[C@@H](Cc1ccccc1)Nc1ccc(Cl)cc1. The summed E-state index contributed by atoms with van der Waals surface area (Å²) in [5.74, 6) is -0.876. The van der Waals surface area contributed by atoms with E-state index >= 15 is 0 Å². The van der Waals surface area contributed by atoms with Gasteiger partial charge in [0.2, 0.25) is 0 Å². The van der Waals surface area contributed by atoms with Crippen molar-refractivity contribution in [2.45, 2.75) is 12.5 Å². The van der Waals surface area contributed by atoms with Gasteiger partial charge in [0.25, 0.3) is 0 Å². The Kier molecular flexibility index (Phi) is 4.42. The molecule has 0 unspecified atom stereocenters. The average molecular weight is 276 g/mol. The van der Waals surface area contributed by atoms with Gasteiger partial charge in [-0.15, -0.1) is 0 Å². The summed E-state index contributed by atoms with van der Waals surface area (Å²) in [6.07, 6.45) is 0.429. The number of halogens is 1. The van der Waals surface area contributed by atoms with Gasteiger partial charge in [-0.25, -0.2) is 4.79 Å². The Balaban J connectivity index is 2.08. The van der Waals surface area contributed by atoms with Crippen LogP contribution in [0.5, 0.6) is 0 Å². The van der Waals surface area contributed by atoms with Crippen LogP contribution >= 0.6 is 11.6 Å². The molecule has 0 bridgehead atoms. The molecular weight excluding hydrogens is 262 g/mol. The lowest BCUT2D eigenvalue weighted by Crippen LogP contribution is -2.31. The van der Waals surface area contributed by atoms with Crippen molar-refractivity contribution in [1.82, 2.24) is 0 Å². The van der Waals surface area contributed by atoms with Crippen molar-refractivity contribution in [3.8, 4) is 0 Å². The van der Waals surface area contributed by atoms with Gasteiger partial charge in [-0.2, -0.15) is 0 Å². The standard InChI is InChI=1S/C15H14ClNO2/c16-12-6-8-13(9-7-12)17-14(15(18)19)10-11-4-2-1-3-5-11/h1-9,14,17H,10H2,(H,18,19)/t14-/m1/s1. The number of hydrogen-bond donors (Lipinski definition) is 2. The van der Waals surface area contributed by atoms with Crippen LogP contribution in [0.15, 0.2) is 54.6 Å². The molecule has 0 aliphatic heterocycles. The Morgan fingerprint density at radius 2 is 1.74 bits per heavy atom. The van der Waals surface area contributed by atoms with Crippen molar-refractivity contribution in [2.75, 3.05) is 5.32 Å². The zero-order valence-corrected chi connectivity index (χ0v) is 11.0. The third-order valence-electron chi connectivity index (χ3n) is 2.77. The maximum atomic E-state index is 11.3. The molecule has 4 heteroatoms. The molecule has 98 valence electrons. The lowest BCUT2D eigenvalue weighted by Gasteiger charge is -2.16. The smallest absolute Gasteiger partial charge is 0.326 e. The molecule has 0 saturated heterocycles. The normalized spacial score (nSPS) is 11.8. The summed E-state index contributed by atoms with van der Waals surface area (Å²) in [6.45, 7) is 0. The van der Waals surface area contributed by atoms with E-state index in [-0.39, 0.29) is 0 Å². The van der Waals surface area contributed by atoms with Crippen molar-refractivity contribution in [2.24, 2.45) is 0 Å². The van der Waals surface area contributed by atoms with Gasteiger partial charge < -0.3 is 10.4 Å². The Labute approximate surface area is 116 Å². The molecule has 0 heterocycles. The van der Waals surface area contributed by atoms with Crippen LogP contribution in [0.3, 0.4) is 0 Å². The van der Waals surface area contributed by atoms with Gasteiger partial charge in [-0.3, -0.25) is 0 Å². The predicted octanol–water partition coefficient (Wildman–Crippen LogP) is 3.45. The highest BCUT2D eigenvalue weighted by molar-refractivity contribution is 6.30. The molecule has 1 atom stereocenters. The Morgan fingerprint density at radius 1 is 1.11 bits per heavy atom. The molecule has 2 aromatic carbocycles. The maximum Gasteiger partial charge on any atom is 0.326 e. The highest BCUT2D eigenvalue weighted by Gasteiger charge is 2.17. The second-order valence-electron chi connectivity index (χ2n) is 4.23. The highest BCUT2D eigenvalue weighted by Crippen LogP contribution is 2.15. The largest absolute Gasteiger partial charge is 0.480 e. The highest BCUT2D eigenvalue weighted by atomic mass is 35.5. The number of anilines is 1. The van der Waals surface area contributed by atoms with Gasteiger partial charge in [-0.05, 0) is 29.8 Å². The summed E-state index contributed by atoms with van der Waals surface area (Å²) >= 11 is 5.80. The van der Waals surface area contributed by atoms with Crippen molar-refractivity contribution in [3.05, 3.63) is 65.2 Å². The number of carboxylic acids is 1. The van der Waals surface area contributed by atoms with Crippen LogP contribution in [0.4, 0.5) is 5.69 Å². The summed E-state index contributed by atoms with van der Waals surface area (Å²) in [4.78, 5) is 11.3. The minimum absolute atomic E-state index is 0.429. The summed E-state index contributed by atoms with van der Waals surface area (Å²) in [7, 11) is 0. The lowest BCUT2D eigenvalue weighted by molar-refractivity contribution is -0.137. The molecule has 0 aliphatic rings. The molecule has 0 aliphatic carbocycles. The Hall–Kier alpha value is -2.00. The molecule has 19 heavy (non-hydrogen) atoms. The van der Waals surface area contributed by atoms with Gasteiger partial charge >= 0.3 is 5.97 Å². The van der Waals surface area contributed by atoms with Crippen molar-refractivity contribution < 1.29 is 9.90 Å². The van der Waals surface area contributed by atoms with E-state index in [0.717, 1.165) is 11.3 Å². The Morgan fingerprint density at radius 3 is 2.32 bits per heavy atom. The molecule has 0 aromatic heterocycles. The fourth-order valence-corrected chi connectivity index (χ4v) is 1.92. The predicted molar refractivity (Wildman–Crippen MR) is 76.6 cm³/mol. The van der Waals surface area contributed by atoms with Crippen LogP contribution in [0.1, 0.15) is 5.56 Å². The third-order valence-corrected chi connectivity index (χ3v) is 3.02. The molecule has 2 aromatic rings. The maximum absolute atomic E-state index is 11.3. The van der Waals surface area contributed by atoms with E-state index in [4.69, 9.17) is 11.6 Å². The number of hydrogen-bond acceptors (Lipinski definition) is 2. The molecule has 0 radical (unpaired) electrons. The first-order valence-corrected chi connectivity index (χ1v) is 6.32. The quantitative estimate of drug-likeness (QED) is 0.879. The number of nitrogens with one attached hydrogen (secondary N) is 1. The zero-order chi connectivity index (χ0) is 13.7. The number of aliphatic carboxylic acids is 1. The van der Waals surface area contributed by atoms with Gasteiger partial charge in [0.1, 0.15) is 6.04 Å². The van der Waals surface area contributed by atoms with E-state index in [2.05, 4.69) is 5.32 Å². The monoisotopic (exact) mass is 275 g/mol. The summed E-state index contributed by atoms with van der Waals surface area (Å²) < 4.78 is 0. The van der Waals surface area contributed by atoms with Gasteiger partial charge in [0, 0.05) is 17.1 Å². The van der Waals surface area contributed by atoms with Crippen LogP contribution in [0.25, 0.3) is 0 Å². The topological polar surface area (TPSA) is 49.3 Å². The summed E-state index contributed by atoms with van der Waals surface area (Å²) in [5.41, 5.74) is 1.73. The molecule has 3 nitrogen and oxygen atoms in total.